The van der Waals surface area contributed by atoms with Gasteiger partial charge >= 0.3 is 0 Å². The Labute approximate surface area is 125 Å². The molecule has 2 N–H and O–H groups in total. The van der Waals surface area contributed by atoms with Crippen LogP contribution in [0.5, 0.6) is 0 Å². The van der Waals surface area contributed by atoms with E-state index in [0.717, 1.165) is 37.1 Å². The lowest BCUT2D eigenvalue weighted by atomic mass is 9.90. The third kappa shape index (κ3) is 3.85. The van der Waals surface area contributed by atoms with Gasteiger partial charge in [0.05, 0.1) is 5.54 Å². The first-order valence-electron chi connectivity index (χ1n) is 6.34. The smallest absolute Gasteiger partial charge is 0.244 e. The summed E-state index contributed by atoms with van der Waals surface area (Å²) >= 11 is 5.90. The van der Waals surface area contributed by atoms with E-state index in [-0.39, 0.29) is 18.3 Å². The van der Waals surface area contributed by atoms with Gasteiger partial charge in [-0.25, -0.2) is 0 Å². The average molecular weight is 303 g/mol. The number of aryl methyl sites for hydroxylation is 1. The van der Waals surface area contributed by atoms with Crippen molar-refractivity contribution in [2.45, 2.75) is 38.6 Å². The third-order valence-electron chi connectivity index (χ3n) is 3.56. The topological polar surface area (TPSA) is 41.1 Å². The first-order chi connectivity index (χ1) is 8.51. The molecule has 1 unspecified atom stereocenters. The van der Waals surface area contributed by atoms with Gasteiger partial charge in [-0.15, -0.1) is 12.4 Å². The Morgan fingerprint density at radius 1 is 1.42 bits per heavy atom. The third-order valence-corrected chi connectivity index (χ3v) is 3.79. The number of piperidine rings is 1. The second-order valence-corrected chi connectivity index (χ2v) is 5.57. The van der Waals surface area contributed by atoms with Gasteiger partial charge in [0.25, 0.3) is 0 Å². The summed E-state index contributed by atoms with van der Waals surface area (Å²) in [6.07, 6.45) is 3.12. The largest absolute Gasteiger partial charge is 0.324 e. The molecule has 0 spiro atoms. The maximum Gasteiger partial charge on any atom is 0.244 e. The Kier molecular flexibility index (Phi) is 5.65. The van der Waals surface area contributed by atoms with Crippen molar-refractivity contribution in [1.29, 1.82) is 0 Å². The molecule has 1 saturated heterocycles. The van der Waals surface area contributed by atoms with Gasteiger partial charge in [-0.3, -0.25) is 4.79 Å². The Bertz CT molecular complexity index is 457. The van der Waals surface area contributed by atoms with E-state index in [1.807, 2.05) is 26.0 Å². The number of hydrogen-bond donors (Lipinski definition) is 2. The van der Waals surface area contributed by atoms with E-state index in [1.165, 1.54) is 0 Å². The molecular formula is C14H20Cl2N2O. The van der Waals surface area contributed by atoms with Crippen molar-refractivity contribution in [3.05, 3.63) is 28.8 Å². The monoisotopic (exact) mass is 302 g/mol. The van der Waals surface area contributed by atoms with Crippen LogP contribution in [0.1, 0.15) is 31.7 Å². The number of anilines is 1. The van der Waals surface area contributed by atoms with Crippen LogP contribution < -0.4 is 10.6 Å². The fourth-order valence-corrected chi connectivity index (χ4v) is 2.50. The zero-order chi connectivity index (χ0) is 13.2. The molecule has 1 atom stereocenters. The molecule has 5 heteroatoms. The maximum atomic E-state index is 12.3. The summed E-state index contributed by atoms with van der Waals surface area (Å²) in [6.45, 7) is 4.81. The van der Waals surface area contributed by atoms with Crippen LogP contribution in [0.15, 0.2) is 18.2 Å². The van der Waals surface area contributed by atoms with Crippen molar-refractivity contribution in [1.82, 2.24) is 5.32 Å². The number of halogens is 2. The maximum absolute atomic E-state index is 12.3. The van der Waals surface area contributed by atoms with Gasteiger partial charge in [-0.05, 0) is 63.4 Å². The van der Waals surface area contributed by atoms with E-state index in [2.05, 4.69) is 10.6 Å². The highest BCUT2D eigenvalue weighted by Gasteiger charge is 2.34. The minimum absolute atomic E-state index is 0. The number of nitrogens with one attached hydrogen (secondary N) is 2. The number of amides is 1. The SMILES string of the molecule is Cc1cc(Cl)ccc1NC(=O)C1(C)CCCCN1.Cl. The minimum Gasteiger partial charge on any atom is -0.324 e. The molecule has 19 heavy (non-hydrogen) atoms. The van der Waals surface area contributed by atoms with E-state index in [9.17, 15) is 4.79 Å². The van der Waals surface area contributed by atoms with Crippen LogP contribution in [-0.2, 0) is 4.79 Å². The van der Waals surface area contributed by atoms with Crippen LogP contribution in [0.3, 0.4) is 0 Å². The van der Waals surface area contributed by atoms with Gasteiger partial charge in [0.15, 0.2) is 0 Å². The predicted octanol–water partition coefficient (Wildman–Crippen LogP) is 3.54. The number of carbonyl (C=O) groups is 1. The molecule has 106 valence electrons. The second-order valence-electron chi connectivity index (χ2n) is 5.13. The van der Waals surface area contributed by atoms with Crippen molar-refractivity contribution in [2.24, 2.45) is 0 Å². The van der Waals surface area contributed by atoms with Crippen molar-refractivity contribution in [3.63, 3.8) is 0 Å². The molecular weight excluding hydrogens is 283 g/mol. The lowest BCUT2D eigenvalue weighted by molar-refractivity contribution is -0.122. The van der Waals surface area contributed by atoms with Crippen molar-refractivity contribution in [3.8, 4) is 0 Å². The number of rotatable bonds is 2. The summed E-state index contributed by atoms with van der Waals surface area (Å²) in [5.41, 5.74) is 1.36. The molecule has 1 amide bonds. The molecule has 1 aliphatic rings. The Morgan fingerprint density at radius 3 is 2.74 bits per heavy atom. The van der Waals surface area contributed by atoms with Crippen molar-refractivity contribution >= 4 is 35.6 Å². The van der Waals surface area contributed by atoms with Gasteiger partial charge < -0.3 is 10.6 Å². The number of carbonyl (C=O) groups excluding carboxylic acids is 1. The van der Waals surface area contributed by atoms with Crippen LogP contribution in [0.2, 0.25) is 5.02 Å². The zero-order valence-electron chi connectivity index (χ0n) is 11.3. The quantitative estimate of drug-likeness (QED) is 0.877. The predicted molar refractivity (Wildman–Crippen MR) is 82.3 cm³/mol. The highest BCUT2D eigenvalue weighted by molar-refractivity contribution is 6.30. The van der Waals surface area contributed by atoms with Gasteiger partial charge in [-0.1, -0.05) is 11.6 Å². The van der Waals surface area contributed by atoms with Crippen LogP contribution in [0.25, 0.3) is 0 Å². The zero-order valence-corrected chi connectivity index (χ0v) is 12.8. The van der Waals surface area contributed by atoms with E-state index in [1.54, 1.807) is 6.07 Å². The molecule has 0 aromatic heterocycles. The molecule has 2 rings (SSSR count). The van der Waals surface area contributed by atoms with Crippen LogP contribution in [0.4, 0.5) is 5.69 Å². The van der Waals surface area contributed by atoms with E-state index in [0.29, 0.717) is 5.02 Å². The molecule has 3 nitrogen and oxygen atoms in total. The summed E-state index contributed by atoms with van der Waals surface area (Å²) in [5, 5.41) is 6.98. The lowest BCUT2D eigenvalue weighted by Crippen LogP contribution is -2.54. The minimum atomic E-state index is -0.454. The molecule has 1 aromatic rings. The first-order valence-corrected chi connectivity index (χ1v) is 6.72. The van der Waals surface area contributed by atoms with Gasteiger partial charge in [0.2, 0.25) is 5.91 Å². The van der Waals surface area contributed by atoms with E-state index in [4.69, 9.17) is 11.6 Å². The van der Waals surface area contributed by atoms with Gasteiger partial charge in [-0.2, -0.15) is 0 Å². The number of hydrogen-bond acceptors (Lipinski definition) is 2. The molecule has 1 heterocycles. The van der Waals surface area contributed by atoms with Crippen LogP contribution in [-0.4, -0.2) is 18.0 Å². The van der Waals surface area contributed by atoms with Crippen LogP contribution in [0, 0.1) is 6.92 Å². The Balaban J connectivity index is 0.00000180. The normalized spacial score (nSPS) is 22.5. The fourth-order valence-electron chi connectivity index (χ4n) is 2.28. The molecule has 0 saturated carbocycles. The van der Waals surface area contributed by atoms with Gasteiger partial charge in [0.1, 0.15) is 0 Å². The fraction of sp³-hybridized carbons (Fsp3) is 0.500. The average Bonchev–Trinajstić information content (AvgIpc) is 2.33. The van der Waals surface area contributed by atoms with Crippen molar-refractivity contribution in [2.75, 3.05) is 11.9 Å². The van der Waals surface area contributed by atoms with E-state index >= 15 is 0 Å². The standard InChI is InChI=1S/C14H19ClN2O.ClH/c1-10-9-11(15)5-6-12(10)17-13(18)14(2)7-3-4-8-16-14;/h5-6,9,16H,3-4,7-8H2,1-2H3,(H,17,18);1H. The second kappa shape index (κ2) is 6.60. The highest BCUT2D eigenvalue weighted by Crippen LogP contribution is 2.24. The molecule has 0 bridgehead atoms. The van der Waals surface area contributed by atoms with Crippen LogP contribution >= 0.6 is 24.0 Å². The first kappa shape index (κ1) is 16.3. The molecule has 1 aliphatic heterocycles. The summed E-state index contributed by atoms with van der Waals surface area (Å²) in [4.78, 5) is 12.3. The summed E-state index contributed by atoms with van der Waals surface area (Å²) < 4.78 is 0. The van der Waals surface area contributed by atoms with Gasteiger partial charge in [0, 0.05) is 10.7 Å². The molecule has 1 aromatic carbocycles. The lowest BCUT2D eigenvalue weighted by Gasteiger charge is -2.33. The number of benzene rings is 1. The Morgan fingerprint density at radius 2 is 2.16 bits per heavy atom. The van der Waals surface area contributed by atoms with E-state index < -0.39 is 5.54 Å². The van der Waals surface area contributed by atoms with Crippen molar-refractivity contribution < 1.29 is 4.79 Å². The summed E-state index contributed by atoms with van der Waals surface area (Å²) in [5.74, 6) is 0.0348. The molecule has 0 aliphatic carbocycles. The Hall–Kier alpha value is -0.770. The molecule has 0 radical (unpaired) electrons. The highest BCUT2D eigenvalue weighted by atomic mass is 35.5. The molecule has 1 fully saturated rings. The summed E-state index contributed by atoms with van der Waals surface area (Å²) in [6, 6.07) is 5.50. The summed E-state index contributed by atoms with van der Waals surface area (Å²) in [7, 11) is 0.